The number of amides is 1. The second-order valence-electron chi connectivity index (χ2n) is 5.31. The zero-order valence-electron chi connectivity index (χ0n) is 13.5. The lowest BCUT2D eigenvalue weighted by atomic mass is 10.2. The first-order chi connectivity index (χ1) is 11.7. The SMILES string of the molecule is COc1cccc(C=CC(=O)NCc2ccc3c(c2)OCCO3)c1. The Balaban J connectivity index is 1.56. The molecule has 24 heavy (non-hydrogen) atoms. The molecule has 124 valence electrons. The molecule has 1 amide bonds. The minimum Gasteiger partial charge on any atom is -0.497 e. The molecule has 0 aromatic heterocycles. The fraction of sp³-hybridized carbons (Fsp3) is 0.211. The largest absolute Gasteiger partial charge is 0.497 e. The van der Waals surface area contributed by atoms with Crippen molar-refractivity contribution in [1.82, 2.24) is 5.32 Å². The van der Waals surface area contributed by atoms with Gasteiger partial charge in [0.2, 0.25) is 5.91 Å². The first-order valence-corrected chi connectivity index (χ1v) is 7.73. The van der Waals surface area contributed by atoms with Crippen LogP contribution in [0.4, 0.5) is 0 Å². The Bertz CT molecular complexity index is 755. The summed E-state index contributed by atoms with van der Waals surface area (Å²) in [5, 5.41) is 2.85. The topological polar surface area (TPSA) is 56.8 Å². The van der Waals surface area contributed by atoms with Crippen LogP contribution in [0.5, 0.6) is 17.2 Å². The van der Waals surface area contributed by atoms with Crippen molar-refractivity contribution in [2.75, 3.05) is 20.3 Å². The molecule has 1 aliphatic rings. The van der Waals surface area contributed by atoms with Crippen molar-refractivity contribution < 1.29 is 19.0 Å². The van der Waals surface area contributed by atoms with Gasteiger partial charge in [-0.2, -0.15) is 0 Å². The average Bonchev–Trinajstić information content (AvgIpc) is 2.64. The van der Waals surface area contributed by atoms with Crippen molar-refractivity contribution in [2.45, 2.75) is 6.54 Å². The molecule has 0 radical (unpaired) electrons. The summed E-state index contributed by atoms with van der Waals surface area (Å²) in [7, 11) is 1.61. The van der Waals surface area contributed by atoms with Crippen LogP contribution in [0.2, 0.25) is 0 Å². The second kappa shape index (κ2) is 7.55. The van der Waals surface area contributed by atoms with Gasteiger partial charge in [0.25, 0.3) is 0 Å². The average molecular weight is 325 g/mol. The minimum absolute atomic E-state index is 0.160. The van der Waals surface area contributed by atoms with Gasteiger partial charge in [0, 0.05) is 12.6 Å². The van der Waals surface area contributed by atoms with Crippen LogP contribution < -0.4 is 19.5 Å². The molecule has 5 nitrogen and oxygen atoms in total. The molecule has 0 unspecified atom stereocenters. The molecule has 2 aromatic rings. The standard InChI is InChI=1S/C19H19NO4/c1-22-16-4-2-3-14(11-16)6-8-19(21)20-13-15-5-7-17-18(12-15)24-10-9-23-17/h2-8,11-12H,9-10,13H2,1H3,(H,20,21). The van der Waals surface area contributed by atoms with Crippen molar-refractivity contribution in [1.29, 1.82) is 0 Å². The number of fused-ring (bicyclic) bond motifs is 1. The van der Waals surface area contributed by atoms with Crippen LogP contribution in [-0.2, 0) is 11.3 Å². The number of rotatable bonds is 5. The van der Waals surface area contributed by atoms with Crippen LogP contribution in [0.25, 0.3) is 6.08 Å². The molecular weight excluding hydrogens is 306 g/mol. The van der Waals surface area contributed by atoms with E-state index in [1.807, 2.05) is 42.5 Å². The van der Waals surface area contributed by atoms with E-state index < -0.39 is 0 Å². The number of nitrogens with one attached hydrogen (secondary N) is 1. The molecule has 0 fully saturated rings. The van der Waals surface area contributed by atoms with E-state index in [9.17, 15) is 4.79 Å². The molecule has 0 bridgehead atoms. The van der Waals surface area contributed by atoms with Gasteiger partial charge in [-0.15, -0.1) is 0 Å². The van der Waals surface area contributed by atoms with Crippen LogP contribution in [0.15, 0.2) is 48.5 Å². The fourth-order valence-electron chi connectivity index (χ4n) is 2.36. The van der Waals surface area contributed by atoms with Gasteiger partial charge in [-0.25, -0.2) is 0 Å². The summed E-state index contributed by atoms with van der Waals surface area (Å²) in [5.41, 5.74) is 1.87. The third-order valence-corrected chi connectivity index (χ3v) is 3.59. The maximum Gasteiger partial charge on any atom is 0.244 e. The van der Waals surface area contributed by atoms with Gasteiger partial charge >= 0.3 is 0 Å². The number of carbonyl (C=O) groups excluding carboxylic acids is 1. The highest BCUT2D eigenvalue weighted by atomic mass is 16.6. The van der Waals surface area contributed by atoms with Gasteiger partial charge in [-0.05, 0) is 41.5 Å². The third kappa shape index (κ3) is 4.07. The molecule has 1 heterocycles. The van der Waals surface area contributed by atoms with Gasteiger partial charge in [-0.1, -0.05) is 18.2 Å². The van der Waals surface area contributed by atoms with E-state index in [0.717, 1.165) is 28.4 Å². The summed E-state index contributed by atoms with van der Waals surface area (Å²) >= 11 is 0. The Labute approximate surface area is 140 Å². The highest BCUT2D eigenvalue weighted by Gasteiger charge is 2.11. The van der Waals surface area contributed by atoms with Crippen molar-refractivity contribution in [3.63, 3.8) is 0 Å². The van der Waals surface area contributed by atoms with Crippen LogP contribution in [0.1, 0.15) is 11.1 Å². The first-order valence-electron chi connectivity index (χ1n) is 7.73. The van der Waals surface area contributed by atoms with Gasteiger partial charge < -0.3 is 19.5 Å². The number of hydrogen-bond donors (Lipinski definition) is 1. The normalized spacial score (nSPS) is 12.9. The Morgan fingerprint density at radius 3 is 2.83 bits per heavy atom. The quantitative estimate of drug-likeness (QED) is 0.859. The summed E-state index contributed by atoms with van der Waals surface area (Å²) in [5.74, 6) is 2.07. The first kappa shape index (κ1) is 15.9. The molecule has 2 aromatic carbocycles. The number of benzene rings is 2. The van der Waals surface area contributed by atoms with E-state index in [4.69, 9.17) is 14.2 Å². The second-order valence-corrected chi connectivity index (χ2v) is 5.31. The lowest BCUT2D eigenvalue weighted by Crippen LogP contribution is -2.20. The summed E-state index contributed by atoms with van der Waals surface area (Å²) in [4.78, 5) is 11.9. The number of hydrogen-bond acceptors (Lipinski definition) is 4. The molecular formula is C19H19NO4. The predicted octanol–water partition coefficient (Wildman–Crippen LogP) is 2.80. The summed E-state index contributed by atoms with van der Waals surface area (Å²) in [6.07, 6.45) is 3.26. The molecule has 0 aliphatic carbocycles. The zero-order chi connectivity index (χ0) is 16.8. The van der Waals surface area contributed by atoms with Gasteiger partial charge in [0.05, 0.1) is 7.11 Å². The Kier molecular flexibility index (Phi) is 5.01. The lowest BCUT2D eigenvalue weighted by Gasteiger charge is -2.18. The summed E-state index contributed by atoms with van der Waals surface area (Å²) < 4.78 is 16.2. The summed E-state index contributed by atoms with van der Waals surface area (Å²) in [6.45, 7) is 1.54. The van der Waals surface area contributed by atoms with E-state index in [1.54, 1.807) is 13.2 Å². The molecule has 1 aliphatic heterocycles. The highest BCUT2D eigenvalue weighted by molar-refractivity contribution is 5.91. The van der Waals surface area contributed by atoms with E-state index in [0.29, 0.717) is 19.8 Å². The number of carbonyl (C=O) groups is 1. The Morgan fingerprint density at radius 1 is 1.17 bits per heavy atom. The Morgan fingerprint density at radius 2 is 2.00 bits per heavy atom. The molecule has 0 saturated heterocycles. The maximum absolute atomic E-state index is 11.9. The van der Waals surface area contributed by atoms with Crippen LogP contribution in [0, 0.1) is 0 Å². The molecule has 0 atom stereocenters. The Hall–Kier alpha value is -2.95. The zero-order valence-corrected chi connectivity index (χ0v) is 13.5. The molecule has 0 spiro atoms. The van der Waals surface area contributed by atoms with E-state index >= 15 is 0 Å². The number of ether oxygens (including phenoxy) is 3. The summed E-state index contributed by atoms with van der Waals surface area (Å²) in [6, 6.07) is 13.2. The maximum atomic E-state index is 11.9. The van der Waals surface area contributed by atoms with Gasteiger partial charge in [0.1, 0.15) is 19.0 Å². The fourth-order valence-corrected chi connectivity index (χ4v) is 2.36. The monoisotopic (exact) mass is 325 g/mol. The number of methoxy groups -OCH3 is 1. The van der Waals surface area contributed by atoms with Crippen molar-refractivity contribution in [3.8, 4) is 17.2 Å². The smallest absolute Gasteiger partial charge is 0.244 e. The van der Waals surface area contributed by atoms with E-state index in [2.05, 4.69) is 5.32 Å². The van der Waals surface area contributed by atoms with Crippen molar-refractivity contribution in [3.05, 3.63) is 59.7 Å². The van der Waals surface area contributed by atoms with Crippen LogP contribution in [0.3, 0.4) is 0 Å². The molecule has 5 heteroatoms. The molecule has 1 N–H and O–H groups in total. The van der Waals surface area contributed by atoms with Crippen LogP contribution >= 0.6 is 0 Å². The highest BCUT2D eigenvalue weighted by Crippen LogP contribution is 2.30. The molecule has 0 saturated carbocycles. The molecule has 3 rings (SSSR count). The minimum atomic E-state index is -0.160. The predicted molar refractivity (Wildman–Crippen MR) is 91.3 cm³/mol. The third-order valence-electron chi connectivity index (χ3n) is 3.59. The van der Waals surface area contributed by atoms with Crippen molar-refractivity contribution in [2.24, 2.45) is 0 Å². The van der Waals surface area contributed by atoms with Crippen LogP contribution in [-0.4, -0.2) is 26.2 Å². The van der Waals surface area contributed by atoms with Gasteiger partial charge in [0.15, 0.2) is 11.5 Å². The van der Waals surface area contributed by atoms with E-state index in [-0.39, 0.29) is 5.91 Å². The van der Waals surface area contributed by atoms with Gasteiger partial charge in [-0.3, -0.25) is 4.79 Å². The van der Waals surface area contributed by atoms with E-state index in [1.165, 1.54) is 6.08 Å². The van der Waals surface area contributed by atoms with Crippen molar-refractivity contribution >= 4 is 12.0 Å². The lowest BCUT2D eigenvalue weighted by molar-refractivity contribution is -0.116.